The molecule has 0 rings (SSSR count). The van der Waals surface area contributed by atoms with Gasteiger partial charge in [-0.05, 0) is 26.9 Å². The van der Waals surface area contributed by atoms with Gasteiger partial charge in [-0.25, -0.2) is 0 Å². The summed E-state index contributed by atoms with van der Waals surface area (Å²) in [6.45, 7) is 6.21. The largest absolute Gasteiger partial charge is 0.463 e. The van der Waals surface area contributed by atoms with Gasteiger partial charge in [-0.1, -0.05) is 129 Å². The molecule has 0 saturated heterocycles. The maximum Gasteiger partial charge on any atom is 0.320 e. The fraction of sp³-hybridized carbons (Fsp3) is 0.935. The maximum atomic E-state index is 12.5. The number of carbonyl (C=O) groups is 2. The second-order valence-electron chi connectivity index (χ2n) is 11.0. The fourth-order valence-corrected chi connectivity index (χ4v) is 4.88. The van der Waals surface area contributed by atoms with Crippen molar-refractivity contribution in [3.63, 3.8) is 0 Å². The molecule has 5 nitrogen and oxygen atoms in total. The smallest absolute Gasteiger partial charge is 0.320 e. The zero-order valence-electron chi connectivity index (χ0n) is 24.7. The van der Waals surface area contributed by atoms with Crippen LogP contribution in [0.2, 0.25) is 0 Å². The summed E-state index contributed by atoms with van der Waals surface area (Å²) in [4.78, 5) is 28.0. The lowest BCUT2D eigenvalue weighted by atomic mass is 9.98. The Bertz CT molecular complexity index is 462. The van der Waals surface area contributed by atoms with Gasteiger partial charge >= 0.3 is 5.97 Å². The molecular formula is C31H62N2O3. The molecule has 0 bridgehead atoms. The van der Waals surface area contributed by atoms with E-state index < -0.39 is 0 Å². The molecule has 0 fully saturated rings. The van der Waals surface area contributed by atoms with E-state index in [4.69, 9.17) is 4.74 Å². The van der Waals surface area contributed by atoms with Crippen molar-refractivity contribution in [1.82, 2.24) is 9.80 Å². The highest BCUT2D eigenvalue weighted by atomic mass is 16.5. The third-order valence-corrected chi connectivity index (χ3v) is 7.24. The monoisotopic (exact) mass is 510 g/mol. The van der Waals surface area contributed by atoms with E-state index in [-0.39, 0.29) is 12.5 Å². The second-order valence-corrected chi connectivity index (χ2v) is 11.0. The molecular weight excluding hydrogens is 448 g/mol. The van der Waals surface area contributed by atoms with Crippen LogP contribution in [0.25, 0.3) is 0 Å². The van der Waals surface area contributed by atoms with Crippen LogP contribution in [-0.2, 0) is 14.3 Å². The van der Waals surface area contributed by atoms with E-state index in [1.807, 2.05) is 19.0 Å². The summed E-state index contributed by atoms with van der Waals surface area (Å²) in [5, 5.41) is 0. The normalized spacial score (nSPS) is 11.6. The van der Waals surface area contributed by atoms with Gasteiger partial charge in [0.05, 0.1) is 13.1 Å². The molecule has 0 saturated carbocycles. The van der Waals surface area contributed by atoms with E-state index in [0.717, 1.165) is 25.7 Å². The Hall–Kier alpha value is -0.940. The predicted octanol–water partition coefficient (Wildman–Crippen LogP) is 7.80. The lowest BCUT2D eigenvalue weighted by molar-refractivity contribution is -0.146. The SMILES string of the molecule is CCCCCCCCCCCC(CCCCCCCCCCC)N(CC=O)CC(=O)OCCN(C)C. The number of hydrogen-bond donors (Lipinski definition) is 0. The number of likely N-dealkylation sites (N-methyl/N-ethyl adjacent to an activating group) is 1. The molecule has 0 unspecified atom stereocenters. The minimum Gasteiger partial charge on any atom is -0.463 e. The number of nitrogens with zero attached hydrogens (tertiary/aromatic N) is 2. The van der Waals surface area contributed by atoms with Crippen molar-refractivity contribution >= 4 is 12.3 Å². The Labute approximate surface area is 225 Å². The summed E-state index contributed by atoms with van der Waals surface area (Å²) in [5.74, 6) is -0.206. The molecule has 0 N–H and O–H groups in total. The molecule has 0 aromatic heterocycles. The number of aldehydes is 1. The first-order chi connectivity index (χ1) is 17.5. The topological polar surface area (TPSA) is 49.9 Å². The Balaban J connectivity index is 4.52. The number of hydrogen-bond acceptors (Lipinski definition) is 5. The van der Waals surface area contributed by atoms with Crippen molar-refractivity contribution in [2.24, 2.45) is 0 Å². The highest BCUT2D eigenvalue weighted by Crippen LogP contribution is 2.19. The Morgan fingerprint density at radius 1 is 0.694 bits per heavy atom. The van der Waals surface area contributed by atoms with E-state index in [0.29, 0.717) is 19.2 Å². The van der Waals surface area contributed by atoms with Crippen molar-refractivity contribution in [2.45, 2.75) is 148 Å². The van der Waals surface area contributed by atoms with Gasteiger partial charge < -0.3 is 14.4 Å². The molecule has 36 heavy (non-hydrogen) atoms. The van der Waals surface area contributed by atoms with Crippen molar-refractivity contribution in [1.29, 1.82) is 0 Å². The number of ether oxygens (including phenoxy) is 1. The quantitative estimate of drug-likeness (QED) is 0.0610. The van der Waals surface area contributed by atoms with Crippen LogP contribution in [0, 0.1) is 0 Å². The van der Waals surface area contributed by atoms with E-state index in [2.05, 4.69) is 18.7 Å². The zero-order chi connectivity index (χ0) is 26.7. The summed E-state index contributed by atoms with van der Waals surface area (Å²) in [5.41, 5.74) is 0. The molecule has 0 radical (unpaired) electrons. The number of unbranched alkanes of at least 4 members (excludes halogenated alkanes) is 16. The summed E-state index contributed by atoms with van der Waals surface area (Å²) < 4.78 is 5.44. The van der Waals surface area contributed by atoms with E-state index in [1.165, 1.54) is 116 Å². The maximum absolute atomic E-state index is 12.5. The van der Waals surface area contributed by atoms with Gasteiger partial charge in [-0.15, -0.1) is 0 Å². The number of esters is 1. The summed E-state index contributed by atoms with van der Waals surface area (Å²) >= 11 is 0. The van der Waals surface area contributed by atoms with Crippen molar-refractivity contribution in [3.8, 4) is 0 Å². The van der Waals surface area contributed by atoms with Gasteiger partial charge in [0.2, 0.25) is 0 Å². The predicted molar refractivity (Wildman–Crippen MR) is 155 cm³/mol. The van der Waals surface area contributed by atoms with E-state index in [1.54, 1.807) is 0 Å². The number of carbonyl (C=O) groups excluding carboxylic acids is 2. The van der Waals surface area contributed by atoms with Gasteiger partial charge in [0.1, 0.15) is 12.9 Å². The van der Waals surface area contributed by atoms with Gasteiger partial charge in [0.15, 0.2) is 0 Å². The minimum absolute atomic E-state index is 0.206. The lowest BCUT2D eigenvalue weighted by Gasteiger charge is -2.30. The zero-order valence-corrected chi connectivity index (χ0v) is 24.7. The fourth-order valence-electron chi connectivity index (χ4n) is 4.88. The lowest BCUT2D eigenvalue weighted by Crippen LogP contribution is -2.41. The highest BCUT2D eigenvalue weighted by Gasteiger charge is 2.21. The van der Waals surface area contributed by atoms with Crippen LogP contribution >= 0.6 is 0 Å². The summed E-state index contributed by atoms with van der Waals surface area (Å²) in [6, 6.07) is 0.297. The standard InChI is InChI=1S/C31H62N2O3/c1-5-7-9-11-13-15-17-19-21-23-30(24-22-20-18-16-14-12-10-8-6-2)33(25-27-34)29-31(35)36-28-26-32(3)4/h27,30H,5-26,28-29H2,1-4H3. The minimum atomic E-state index is -0.206. The summed E-state index contributed by atoms with van der Waals surface area (Å²) in [6.07, 6.45) is 26.8. The Morgan fingerprint density at radius 2 is 1.11 bits per heavy atom. The van der Waals surface area contributed by atoms with Gasteiger partial charge in [0, 0.05) is 12.6 Å². The molecule has 0 aromatic rings. The van der Waals surface area contributed by atoms with Crippen LogP contribution < -0.4 is 0 Å². The van der Waals surface area contributed by atoms with Crippen molar-refractivity contribution in [2.75, 3.05) is 40.3 Å². The molecule has 214 valence electrons. The summed E-state index contributed by atoms with van der Waals surface area (Å²) in [7, 11) is 3.94. The van der Waals surface area contributed by atoms with Crippen LogP contribution in [0.4, 0.5) is 0 Å². The molecule has 0 atom stereocenters. The molecule has 5 heteroatoms. The second kappa shape index (κ2) is 27.1. The van der Waals surface area contributed by atoms with Crippen LogP contribution in [0.1, 0.15) is 142 Å². The Kier molecular flexibility index (Phi) is 26.4. The van der Waals surface area contributed by atoms with Crippen LogP contribution in [0.15, 0.2) is 0 Å². The third-order valence-electron chi connectivity index (χ3n) is 7.24. The van der Waals surface area contributed by atoms with Crippen LogP contribution in [0.3, 0.4) is 0 Å². The van der Waals surface area contributed by atoms with Crippen LogP contribution in [-0.4, -0.2) is 68.4 Å². The molecule has 0 aliphatic rings. The van der Waals surface area contributed by atoms with Crippen LogP contribution in [0.5, 0.6) is 0 Å². The van der Waals surface area contributed by atoms with E-state index >= 15 is 0 Å². The average Bonchev–Trinajstić information content (AvgIpc) is 2.85. The third kappa shape index (κ3) is 23.5. The molecule has 0 spiro atoms. The molecule has 0 aromatic carbocycles. The molecule has 0 amide bonds. The van der Waals surface area contributed by atoms with Gasteiger partial charge in [-0.3, -0.25) is 9.69 Å². The molecule has 0 aliphatic carbocycles. The number of rotatable bonds is 28. The van der Waals surface area contributed by atoms with Crippen molar-refractivity contribution < 1.29 is 14.3 Å². The average molecular weight is 511 g/mol. The van der Waals surface area contributed by atoms with E-state index in [9.17, 15) is 9.59 Å². The highest BCUT2D eigenvalue weighted by molar-refractivity contribution is 5.72. The van der Waals surface area contributed by atoms with Crippen molar-refractivity contribution in [3.05, 3.63) is 0 Å². The first-order valence-electron chi connectivity index (χ1n) is 15.5. The van der Waals surface area contributed by atoms with Gasteiger partial charge in [0.25, 0.3) is 0 Å². The Morgan fingerprint density at radius 3 is 1.50 bits per heavy atom. The first-order valence-corrected chi connectivity index (χ1v) is 15.5. The van der Waals surface area contributed by atoms with Gasteiger partial charge in [-0.2, -0.15) is 0 Å². The molecule has 0 aliphatic heterocycles. The first kappa shape index (κ1) is 35.1. The molecule has 0 heterocycles.